The normalized spacial score (nSPS) is 18.5. The maximum Gasteiger partial charge on any atom is 0.295 e. The van der Waals surface area contributed by atoms with Gasteiger partial charge in [-0.1, -0.05) is 56.3 Å². The maximum atomic E-state index is 13.1. The fourth-order valence-corrected chi connectivity index (χ4v) is 4.36. The molecule has 1 saturated heterocycles. The highest BCUT2D eigenvalue weighted by Gasteiger charge is 2.47. The first kappa shape index (κ1) is 20.0. The molecule has 0 spiro atoms. The van der Waals surface area contributed by atoms with Crippen molar-refractivity contribution in [2.75, 3.05) is 6.54 Å². The number of Topliss-reactive ketones (excluding diaryl/α,β-unsaturated/α-hetero) is 1. The fourth-order valence-electron chi connectivity index (χ4n) is 4.36. The van der Waals surface area contributed by atoms with Crippen molar-refractivity contribution >= 4 is 28.4 Å². The number of amides is 1. The Morgan fingerprint density at radius 3 is 2.43 bits per heavy atom. The van der Waals surface area contributed by atoms with Gasteiger partial charge in [-0.3, -0.25) is 9.59 Å². The quantitative estimate of drug-likeness (QED) is 0.363. The number of hydrogen-bond acceptors (Lipinski definition) is 3. The number of aryl methyl sites for hydroxylation is 2. The van der Waals surface area contributed by atoms with E-state index in [4.69, 9.17) is 0 Å². The van der Waals surface area contributed by atoms with Crippen molar-refractivity contribution in [1.29, 1.82) is 0 Å². The van der Waals surface area contributed by atoms with Gasteiger partial charge in [-0.05, 0) is 31.4 Å². The average molecular weight is 402 g/mol. The smallest absolute Gasteiger partial charge is 0.295 e. The molecule has 154 valence electrons. The summed E-state index contributed by atoms with van der Waals surface area (Å²) >= 11 is 0. The van der Waals surface area contributed by atoms with Crippen molar-refractivity contribution in [3.8, 4) is 0 Å². The second kappa shape index (κ2) is 7.82. The van der Waals surface area contributed by atoms with Gasteiger partial charge < -0.3 is 15.0 Å². The molecule has 1 aliphatic heterocycles. The van der Waals surface area contributed by atoms with Crippen LogP contribution in [0.3, 0.4) is 0 Å². The van der Waals surface area contributed by atoms with E-state index in [1.807, 2.05) is 50.2 Å². The molecule has 1 unspecified atom stereocenters. The first-order valence-electron chi connectivity index (χ1n) is 10.4. The summed E-state index contributed by atoms with van der Waals surface area (Å²) < 4.78 is 0. The zero-order chi connectivity index (χ0) is 21.4. The Kier molecular flexibility index (Phi) is 5.20. The van der Waals surface area contributed by atoms with E-state index < -0.39 is 17.7 Å². The van der Waals surface area contributed by atoms with E-state index in [0.29, 0.717) is 12.1 Å². The number of aliphatic hydroxyl groups excluding tert-OH is 1. The molecule has 0 bridgehead atoms. The first-order valence-corrected chi connectivity index (χ1v) is 10.4. The van der Waals surface area contributed by atoms with E-state index in [1.165, 1.54) is 0 Å². The number of aliphatic hydroxyl groups is 1. The van der Waals surface area contributed by atoms with E-state index in [-0.39, 0.29) is 11.3 Å². The van der Waals surface area contributed by atoms with Crippen LogP contribution in [0.4, 0.5) is 0 Å². The van der Waals surface area contributed by atoms with Gasteiger partial charge in [-0.15, -0.1) is 0 Å². The summed E-state index contributed by atoms with van der Waals surface area (Å²) in [5, 5.41) is 12.1. The lowest BCUT2D eigenvalue weighted by atomic mass is 9.93. The third kappa shape index (κ3) is 3.11. The number of rotatable bonds is 5. The number of ketones is 1. The number of fused-ring (bicyclic) bond motifs is 1. The molecule has 1 amide bonds. The lowest BCUT2D eigenvalue weighted by molar-refractivity contribution is -0.139. The molecule has 1 aromatic heterocycles. The fraction of sp³-hybridized carbons (Fsp3) is 0.280. The van der Waals surface area contributed by atoms with Gasteiger partial charge in [0.1, 0.15) is 5.76 Å². The van der Waals surface area contributed by atoms with Crippen molar-refractivity contribution in [2.45, 2.75) is 39.7 Å². The lowest BCUT2D eigenvalue weighted by Crippen LogP contribution is -2.30. The number of nitrogens with zero attached hydrogens (tertiary/aromatic N) is 1. The number of aromatic amines is 1. The van der Waals surface area contributed by atoms with E-state index >= 15 is 0 Å². The van der Waals surface area contributed by atoms with Crippen molar-refractivity contribution in [3.63, 3.8) is 0 Å². The monoisotopic (exact) mass is 402 g/mol. The number of carbonyl (C=O) groups is 2. The number of para-hydroxylation sites is 1. The van der Waals surface area contributed by atoms with E-state index in [1.54, 1.807) is 17.0 Å². The van der Waals surface area contributed by atoms with Gasteiger partial charge in [0, 0.05) is 34.3 Å². The van der Waals surface area contributed by atoms with Gasteiger partial charge in [-0.25, -0.2) is 0 Å². The second-order valence-corrected chi connectivity index (χ2v) is 7.75. The lowest BCUT2D eigenvalue weighted by Gasteiger charge is -2.25. The molecule has 0 aliphatic carbocycles. The molecule has 1 aliphatic rings. The highest BCUT2D eigenvalue weighted by atomic mass is 16.3. The molecule has 0 radical (unpaired) electrons. The number of carbonyl (C=O) groups excluding carboxylic acids is 2. The second-order valence-electron chi connectivity index (χ2n) is 7.75. The van der Waals surface area contributed by atoms with Crippen LogP contribution in [0.1, 0.15) is 48.7 Å². The van der Waals surface area contributed by atoms with E-state index in [0.717, 1.165) is 40.6 Å². The summed E-state index contributed by atoms with van der Waals surface area (Å²) in [5.41, 5.74) is 4.54. The van der Waals surface area contributed by atoms with E-state index in [2.05, 4.69) is 11.9 Å². The van der Waals surface area contributed by atoms with E-state index in [9.17, 15) is 14.7 Å². The van der Waals surface area contributed by atoms with Crippen LogP contribution in [-0.2, 0) is 16.0 Å². The molecule has 30 heavy (non-hydrogen) atoms. The number of benzene rings is 2. The number of nitrogens with one attached hydrogen (secondary N) is 1. The van der Waals surface area contributed by atoms with Crippen LogP contribution in [-0.4, -0.2) is 33.2 Å². The Labute approximate surface area is 176 Å². The standard InChI is InChI=1S/C25H26N2O3/c1-4-14-27-22(20-15(3)26-19-9-7-6-8-18(19)20)21(24(29)25(27)30)23(28)17-12-10-16(5-2)11-13-17/h6-13,22,26,28H,4-5,14H2,1-3H3/b23-21+. The van der Waals surface area contributed by atoms with Crippen molar-refractivity contribution in [1.82, 2.24) is 9.88 Å². The maximum absolute atomic E-state index is 13.1. The minimum atomic E-state index is -0.629. The molecule has 0 saturated carbocycles. The Bertz CT molecular complexity index is 1150. The SMILES string of the molecule is CCCN1C(=O)C(=O)/C(=C(/O)c2ccc(CC)cc2)C1c1c(C)[nH]c2ccccc12. The zero-order valence-corrected chi connectivity index (χ0v) is 17.5. The highest BCUT2D eigenvalue weighted by molar-refractivity contribution is 6.46. The predicted molar refractivity (Wildman–Crippen MR) is 118 cm³/mol. The number of H-pyrrole nitrogens is 1. The van der Waals surface area contributed by atoms with Crippen LogP contribution in [0.5, 0.6) is 0 Å². The van der Waals surface area contributed by atoms with Crippen molar-refractivity contribution in [3.05, 3.63) is 76.5 Å². The van der Waals surface area contributed by atoms with Crippen LogP contribution in [0.2, 0.25) is 0 Å². The van der Waals surface area contributed by atoms with Gasteiger partial charge in [-0.2, -0.15) is 0 Å². The summed E-state index contributed by atoms with van der Waals surface area (Å²) in [6, 6.07) is 14.7. The minimum Gasteiger partial charge on any atom is -0.507 e. The van der Waals surface area contributed by atoms with Gasteiger partial charge in [0.2, 0.25) is 0 Å². The number of aromatic nitrogens is 1. The van der Waals surface area contributed by atoms with Crippen LogP contribution in [0.25, 0.3) is 16.7 Å². The molecular weight excluding hydrogens is 376 g/mol. The molecule has 1 atom stereocenters. The van der Waals surface area contributed by atoms with Gasteiger partial charge in [0.05, 0.1) is 11.6 Å². The topological polar surface area (TPSA) is 73.4 Å². The minimum absolute atomic E-state index is 0.121. The molecule has 5 heteroatoms. The first-order chi connectivity index (χ1) is 14.5. The summed E-state index contributed by atoms with van der Waals surface area (Å²) in [7, 11) is 0. The summed E-state index contributed by atoms with van der Waals surface area (Å²) in [5.74, 6) is -1.31. The summed E-state index contributed by atoms with van der Waals surface area (Å²) in [6.07, 6.45) is 1.60. The van der Waals surface area contributed by atoms with Gasteiger partial charge in [0.25, 0.3) is 11.7 Å². The zero-order valence-electron chi connectivity index (χ0n) is 17.5. The van der Waals surface area contributed by atoms with Crippen LogP contribution < -0.4 is 0 Å². The Morgan fingerprint density at radius 2 is 1.77 bits per heavy atom. The molecule has 2 aromatic carbocycles. The Morgan fingerprint density at radius 1 is 1.07 bits per heavy atom. The number of hydrogen-bond donors (Lipinski definition) is 2. The highest BCUT2D eigenvalue weighted by Crippen LogP contribution is 2.43. The summed E-state index contributed by atoms with van der Waals surface area (Å²) in [4.78, 5) is 30.9. The molecule has 5 nitrogen and oxygen atoms in total. The largest absolute Gasteiger partial charge is 0.507 e. The molecule has 1 fully saturated rings. The molecular formula is C25H26N2O3. The van der Waals surface area contributed by atoms with Crippen molar-refractivity contribution < 1.29 is 14.7 Å². The number of likely N-dealkylation sites (tertiary alicyclic amines) is 1. The predicted octanol–water partition coefficient (Wildman–Crippen LogP) is 4.87. The molecule has 3 aromatic rings. The van der Waals surface area contributed by atoms with Crippen LogP contribution >= 0.6 is 0 Å². The summed E-state index contributed by atoms with van der Waals surface area (Å²) in [6.45, 7) is 6.42. The Hall–Kier alpha value is -3.34. The molecule has 4 rings (SSSR count). The third-order valence-electron chi connectivity index (χ3n) is 5.86. The van der Waals surface area contributed by atoms with Crippen molar-refractivity contribution in [2.24, 2.45) is 0 Å². The molecule has 2 heterocycles. The average Bonchev–Trinajstić information content (AvgIpc) is 3.21. The van der Waals surface area contributed by atoms with Crippen LogP contribution in [0.15, 0.2) is 54.1 Å². The van der Waals surface area contributed by atoms with Gasteiger partial charge >= 0.3 is 0 Å². The van der Waals surface area contributed by atoms with Crippen LogP contribution in [0, 0.1) is 6.92 Å². The molecule has 2 N–H and O–H groups in total. The Balaban J connectivity index is 1.96. The third-order valence-corrected chi connectivity index (χ3v) is 5.86. The van der Waals surface area contributed by atoms with Gasteiger partial charge in [0.15, 0.2) is 0 Å².